The second kappa shape index (κ2) is 34.5. The van der Waals surface area contributed by atoms with Gasteiger partial charge in [-0.25, -0.2) is 13.2 Å². The van der Waals surface area contributed by atoms with E-state index in [1.165, 1.54) is 62.1 Å². The summed E-state index contributed by atoms with van der Waals surface area (Å²) in [6.45, 7) is 20.5. The van der Waals surface area contributed by atoms with Crippen LogP contribution in [0.25, 0.3) is 0 Å². The number of ether oxygens (including phenoxy) is 4. The number of aldehydes is 1. The molecule has 12 nitrogen and oxygen atoms in total. The number of sulfonamides is 1. The van der Waals surface area contributed by atoms with Crippen molar-refractivity contribution in [2.45, 2.75) is 143 Å². The summed E-state index contributed by atoms with van der Waals surface area (Å²) in [7, 11) is -1.49. The Morgan fingerprint density at radius 3 is 1.98 bits per heavy atom. The Kier molecular flexibility index (Phi) is 34.6. The fourth-order valence-corrected chi connectivity index (χ4v) is 21.9. The Labute approximate surface area is 393 Å². The number of nitrogens with one attached hydrogen (secondary N) is 1. The molecule has 2 aromatic rings. The summed E-state index contributed by atoms with van der Waals surface area (Å²) in [5, 5.41) is 21.2. The maximum Gasteiger partial charge on any atom is 0.407 e. The first kappa shape index (κ1) is 62.2. The summed E-state index contributed by atoms with van der Waals surface area (Å²) in [5.74, 6) is 0.425. The van der Waals surface area contributed by atoms with E-state index in [0.717, 1.165) is 19.0 Å². The van der Waals surface area contributed by atoms with E-state index < -0.39 is 59.0 Å². The number of rotatable bonds is 23. The van der Waals surface area contributed by atoms with Gasteiger partial charge in [0.25, 0.3) is 0 Å². The molecule has 62 heavy (non-hydrogen) atoms. The van der Waals surface area contributed by atoms with E-state index in [4.69, 9.17) is 24.1 Å². The summed E-state index contributed by atoms with van der Waals surface area (Å²) in [6.07, 6.45) is 7.16. The van der Waals surface area contributed by atoms with Crippen molar-refractivity contribution in [2.24, 2.45) is 11.8 Å². The molecule has 0 spiro atoms. The Hall–Kier alpha value is -1.87. The second-order valence-electron chi connectivity index (χ2n) is 15.6. The van der Waals surface area contributed by atoms with Gasteiger partial charge in [-0.3, -0.25) is 4.79 Å². The second-order valence-corrected chi connectivity index (χ2v) is 30.8. The van der Waals surface area contributed by atoms with Crippen molar-refractivity contribution in [3.05, 3.63) is 77.3 Å². The molecule has 0 radical (unpaired) electrons. The Morgan fingerprint density at radius 1 is 0.968 bits per heavy atom. The van der Waals surface area contributed by atoms with Crippen LogP contribution in [0.4, 0.5) is 4.79 Å². The molecule has 1 amide bonds. The van der Waals surface area contributed by atoms with Gasteiger partial charge in [0.15, 0.2) is 6.29 Å². The van der Waals surface area contributed by atoms with E-state index in [0.29, 0.717) is 24.3 Å². The molecule has 15 heteroatoms. The molecule has 0 aliphatic carbocycles. The molecule has 2 aliphatic heterocycles. The Balaban J connectivity index is 0. The number of amides is 1. The van der Waals surface area contributed by atoms with Crippen LogP contribution < -0.4 is 10.1 Å². The molecular weight excluding hydrogens is 1010 g/mol. The van der Waals surface area contributed by atoms with Crippen LogP contribution >= 0.6 is 0 Å². The first-order valence-corrected chi connectivity index (χ1v) is 30.8. The number of benzene rings is 2. The average molecular weight is 1090 g/mol. The van der Waals surface area contributed by atoms with Gasteiger partial charge in [0.05, 0.1) is 43.3 Å². The predicted octanol–water partition coefficient (Wildman–Crippen LogP) is 9.26. The summed E-state index contributed by atoms with van der Waals surface area (Å²) in [4.78, 5) is 24.2. The van der Waals surface area contributed by atoms with E-state index in [1.807, 2.05) is 13.8 Å². The minimum absolute atomic E-state index is 0. The van der Waals surface area contributed by atoms with Gasteiger partial charge in [0.2, 0.25) is 10.0 Å². The molecule has 2 fully saturated rings. The van der Waals surface area contributed by atoms with Crippen LogP contribution in [0.3, 0.4) is 0 Å². The van der Waals surface area contributed by atoms with Gasteiger partial charge < -0.3 is 41.4 Å². The predicted molar refractivity (Wildman–Crippen MR) is 250 cm³/mol. The van der Waals surface area contributed by atoms with Crippen LogP contribution in [-0.4, -0.2) is 119 Å². The van der Waals surface area contributed by atoms with Gasteiger partial charge in [-0.1, -0.05) is 45.5 Å². The monoisotopic (exact) mass is 1090 g/mol. The third kappa shape index (κ3) is 21.0. The smallest absolute Gasteiger partial charge is 0.407 e. The fraction of sp³-hybridized carbons (Fsp3) is 0.638. The standard InChI is InChI=1S/C29H38N2O9S.3C4H9.C2H5.C2H3.CH4O.CH4.Pd.Sn/c1-19(2)15-31(41(35,36)23-10-8-22(37-3)9-11-23)16-26(33)25(14-20-4-6-21(17-32)7-5-20)30-29(34)40-27-18-39-28-24(27)12-13-38-28;3*1-3-4-2;3*1-2;;;/h4-11,17,19,24-28,33H,12-16,18H2,1-3H3,(H,30,34);3*1,3-4H2,2H3;1H2,2H3;1H,2H2;2H,1H3;1H4;;/q;;;;-1;;;;;/t24-,25-,26+,27-,28+;;;;;;;;;/m0........./s1. The van der Waals surface area contributed by atoms with Gasteiger partial charge >= 0.3 is 108 Å². The first-order valence-electron chi connectivity index (χ1n) is 21.7. The normalized spacial score (nSPS) is 17.5. The van der Waals surface area contributed by atoms with Gasteiger partial charge in [-0.15, -0.1) is 0 Å². The van der Waals surface area contributed by atoms with Crippen molar-refractivity contribution in [2.75, 3.05) is 40.5 Å². The number of alkyl carbamates (subject to hydrolysis) is 1. The summed E-state index contributed by atoms with van der Waals surface area (Å²) >= 11 is -1.85. The summed E-state index contributed by atoms with van der Waals surface area (Å²) < 4.78 is 57.5. The quantitative estimate of drug-likeness (QED) is 0.0556. The molecule has 2 saturated heterocycles. The van der Waals surface area contributed by atoms with Gasteiger partial charge in [0, 0.05) is 46.2 Å². The number of nitrogens with zero attached hydrogens (tertiary/aromatic N) is 1. The van der Waals surface area contributed by atoms with Crippen molar-refractivity contribution in [1.82, 2.24) is 9.62 Å². The Morgan fingerprint density at radius 2 is 1.52 bits per heavy atom. The number of carbonyl (C=O) groups excluding carboxylic acids is 2. The minimum Gasteiger partial charge on any atom is -0.497 e. The largest absolute Gasteiger partial charge is 0.497 e. The van der Waals surface area contributed by atoms with Crippen molar-refractivity contribution in [3.63, 3.8) is 0 Å². The van der Waals surface area contributed by atoms with Crippen LogP contribution in [-0.2, 0) is 51.1 Å². The van der Waals surface area contributed by atoms with Crippen LogP contribution in [0.2, 0.25) is 13.3 Å². The van der Waals surface area contributed by atoms with E-state index in [9.17, 15) is 23.1 Å². The molecular formula is C47H81N2O10PdSSn-. The third-order valence-electron chi connectivity index (χ3n) is 10.8. The number of aliphatic hydroxyl groups is 2. The van der Waals surface area contributed by atoms with E-state index in [-0.39, 0.29) is 70.7 Å². The molecule has 5 atom stereocenters. The number of fused-ring (bicyclic) bond motifs is 1. The number of carbonyl (C=O) groups is 2. The zero-order chi connectivity index (χ0) is 45.1. The maximum atomic E-state index is 13.6. The van der Waals surface area contributed by atoms with Gasteiger partial charge in [-0.05, 0) is 48.6 Å². The molecule has 0 bridgehead atoms. The van der Waals surface area contributed by atoms with E-state index in [2.05, 4.69) is 43.7 Å². The zero-order valence-corrected chi connectivity index (χ0v) is 43.3. The average Bonchev–Trinajstić information content (AvgIpc) is 3.90. The molecule has 4 rings (SSSR count). The number of unbranched alkanes of at least 4 members (excludes halogenated alkanes) is 3. The molecule has 0 saturated carbocycles. The summed E-state index contributed by atoms with van der Waals surface area (Å²) in [6, 6.07) is 11.9. The van der Waals surface area contributed by atoms with Gasteiger partial charge in [0.1, 0.15) is 18.1 Å². The van der Waals surface area contributed by atoms with Crippen molar-refractivity contribution in [3.8, 4) is 5.75 Å². The molecule has 2 aromatic carbocycles. The molecule has 0 aromatic heterocycles. The Bertz CT molecular complexity index is 1560. The van der Waals surface area contributed by atoms with Crippen molar-refractivity contribution in [1.29, 1.82) is 0 Å². The maximum absolute atomic E-state index is 13.6. The number of hydrogen-bond acceptors (Lipinski definition) is 10. The minimum atomic E-state index is -3.98. The topological polar surface area (TPSA) is 161 Å². The molecule has 3 N–H and O–H groups in total. The zero-order valence-electron chi connectivity index (χ0n) is 38.1. The number of methoxy groups -OCH3 is 1. The molecule has 0 unspecified atom stereocenters. The molecule has 2 heterocycles. The van der Waals surface area contributed by atoms with Crippen LogP contribution in [0.15, 0.2) is 64.1 Å². The molecule has 360 valence electrons. The number of hydrogen-bond donors (Lipinski definition) is 3. The van der Waals surface area contributed by atoms with E-state index >= 15 is 0 Å². The van der Waals surface area contributed by atoms with E-state index in [1.54, 1.807) is 56.6 Å². The summed E-state index contributed by atoms with van der Waals surface area (Å²) in [5.41, 5.74) is 1.23. The van der Waals surface area contributed by atoms with Crippen LogP contribution in [0.1, 0.15) is 110 Å². The number of aliphatic hydroxyl groups excluding tert-OH is 2. The fourth-order valence-electron chi connectivity index (χ4n) is 7.32. The molecule has 2 aliphatic rings. The van der Waals surface area contributed by atoms with Crippen molar-refractivity contribution >= 4 is 40.8 Å². The van der Waals surface area contributed by atoms with Gasteiger partial charge in [-0.2, -0.15) is 11.2 Å². The van der Waals surface area contributed by atoms with Crippen LogP contribution in [0.5, 0.6) is 5.75 Å². The SMILES string of the molecule is C.C=[CH][Sn]([CH2]CCC)([CH2]CCC)[CH2]CCC.CO.COc1ccc(S(=O)(=O)N(CC(C)C)C[C@@H](O)[C@H](Cc2ccc(C=O)cc2)NC(=O)O[C@H]2CO[C@H]3OCC[C@H]32)cc1.[CH2-]C.[Pd]. The van der Waals surface area contributed by atoms with Crippen molar-refractivity contribution < 1.29 is 67.6 Å². The van der Waals surface area contributed by atoms with Crippen LogP contribution in [0, 0.1) is 18.8 Å². The first-order chi connectivity index (χ1) is 28.8. The third-order valence-corrected chi connectivity index (χ3v) is 26.6.